The van der Waals surface area contributed by atoms with Crippen LogP contribution < -0.4 is 4.90 Å². The van der Waals surface area contributed by atoms with Crippen LogP contribution in [0.3, 0.4) is 0 Å². The number of methoxy groups -OCH3 is 1. The topological polar surface area (TPSA) is 89.5 Å². The number of hydrogen-bond donors (Lipinski definition) is 0. The standard InChI is InChI=1S/C11H15N3O4S/c1-18-11(15)9-7-12-8-10(13-9)14-3-2-5-19(16,17)6-4-14/h7-8H,2-6H2,1H3. The van der Waals surface area contributed by atoms with Crippen LogP contribution >= 0.6 is 0 Å². The fraction of sp³-hybridized carbons (Fsp3) is 0.545. The molecule has 0 amide bonds. The summed E-state index contributed by atoms with van der Waals surface area (Å²) in [5, 5.41) is 0. The van der Waals surface area contributed by atoms with E-state index in [9.17, 15) is 13.2 Å². The summed E-state index contributed by atoms with van der Waals surface area (Å²) < 4.78 is 27.6. The Bertz CT molecular complexity index is 573. The molecule has 2 heterocycles. The summed E-state index contributed by atoms with van der Waals surface area (Å²) in [4.78, 5) is 21.3. The van der Waals surface area contributed by atoms with E-state index in [0.717, 1.165) is 0 Å². The SMILES string of the molecule is COC(=O)c1cncc(N2CCCS(=O)(=O)CC2)n1. The van der Waals surface area contributed by atoms with Crippen LogP contribution in [-0.4, -0.2) is 56.1 Å². The van der Waals surface area contributed by atoms with Gasteiger partial charge in [0.25, 0.3) is 0 Å². The molecule has 104 valence electrons. The van der Waals surface area contributed by atoms with E-state index >= 15 is 0 Å². The predicted molar refractivity (Wildman–Crippen MR) is 68.9 cm³/mol. The number of carbonyl (C=O) groups excluding carboxylic acids is 1. The molecule has 0 unspecified atom stereocenters. The fourth-order valence-corrected chi connectivity index (χ4v) is 3.15. The largest absolute Gasteiger partial charge is 0.464 e. The summed E-state index contributed by atoms with van der Waals surface area (Å²) in [6, 6.07) is 0. The third-order valence-corrected chi connectivity index (χ3v) is 4.61. The highest BCUT2D eigenvalue weighted by Gasteiger charge is 2.21. The number of sulfone groups is 1. The van der Waals surface area contributed by atoms with Crippen molar-refractivity contribution in [3.8, 4) is 0 Å². The molecule has 19 heavy (non-hydrogen) atoms. The van der Waals surface area contributed by atoms with Crippen LogP contribution in [0.2, 0.25) is 0 Å². The summed E-state index contributed by atoms with van der Waals surface area (Å²) >= 11 is 0. The fourth-order valence-electron chi connectivity index (χ4n) is 1.88. The van der Waals surface area contributed by atoms with Crippen LogP contribution in [0.25, 0.3) is 0 Å². The van der Waals surface area contributed by atoms with Gasteiger partial charge < -0.3 is 9.64 Å². The second-order valence-electron chi connectivity index (χ2n) is 4.25. The summed E-state index contributed by atoms with van der Waals surface area (Å²) in [6.07, 6.45) is 3.39. The predicted octanol–water partition coefficient (Wildman–Crippen LogP) is -0.112. The zero-order chi connectivity index (χ0) is 13.9. The first-order valence-corrected chi connectivity index (χ1v) is 7.70. The molecule has 0 spiro atoms. The van der Waals surface area contributed by atoms with Gasteiger partial charge in [0.1, 0.15) is 5.82 Å². The van der Waals surface area contributed by atoms with Gasteiger partial charge in [-0.05, 0) is 6.42 Å². The highest BCUT2D eigenvalue weighted by Crippen LogP contribution is 2.14. The Morgan fingerprint density at radius 2 is 2.11 bits per heavy atom. The molecule has 7 nitrogen and oxygen atoms in total. The summed E-state index contributed by atoms with van der Waals surface area (Å²) in [6.45, 7) is 0.945. The van der Waals surface area contributed by atoms with Crippen LogP contribution in [-0.2, 0) is 14.6 Å². The lowest BCUT2D eigenvalue weighted by molar-refractivity contribution is 0.0593. The lowest BCUT2D eigenvalue weighted by Gasteiger charge is -2.20. The maximum absolute atomic E-state index is 11.5. The van der Waals surface area contributed by atoms with E-state index in [0.29, 0.717) is 25.3 Å². The van der Waals surface area contributed by atoms with E-state index in [1.807, 2.05) is 4.90 Å². The molecule has 2 rings (SSSR count). The van der Waals surface area contributed by atoms with Crippen LogP contribution in [0, 0.1) is 0 Å². The van der Waals surface area contributed by atoms with Gasteiger partial charge in [0.2, 0.25) is 0 Å². The highest BCUT2D eigenvalue weighted by atomic mass is 32.2. The molecule has 0 atom stereocenters. The minimum atomic E-state index is -2.97. The Morgan fingerprint density at radius 3 is 2.84 bits per heavy atom. The van der Waals surface area contributed by atoms with E-state index in [4.69, 9.17) is 0 Å². The van der Waals surface area contributed by atoms with Crippen LogP contribution in [0.15, 0.2) is 12.4 Å². The van der Waals surface area contributed by atoms with Crippen molar-refractivity contribution in [1.82, 2.24) is 9.97 Å². The average molecular weight is 285 g/mol. The first-order chi connectivity index (χ1) is 9.02. The number of esters is 1. The van der Waals surface area contributed by atoms with Crippen molar-refractivity contribution in [1.29, 1.82) is 0 Å². The van der Waals surface area contributed by atoms with E-state index in [2.05, 4.69) is 14.7 Å². The number of nitrogens with zero attached hydrogens (tertiary/aromatic N) is 3. The van der Waals surface area contributed by atoms with Gasteiger partial charge in [-0.25, -0.2) is 18.2 Å². The summed E-state index contributed by atoms with van der Waals surface area (Å²) in [5.41, 5.74) is 0.118. The monoisotopic (exact) mass is 285 g/mol. The molecule has 1 saturated heterocycles. The van der Waals surface area contributed by atoms with E-state index in [-0.39, 0.29) is 17.2 Å². The molecule has 1 aromatic rings. The molecule has 0 bridgehead atoms. The number of hydrogen-bond acceptors (Lipinski definition) is 7. The summed E-state index contributed by atoms with van der Waals surface area (Å²) in [7, 11) is -1.70. The quantitative estimate of drug-likeness (QED) is 0.700. The first kappa shape index (κ1) is 13.7. The Labute approximate surface area is 111 Å². The molecule has 8 heteroatoms. The number of rotatable bonds is 2. The molecule has 0 radical (unpaired) electrons. The Morgan fingerprint density at radius 1 is 1.32 bits per heavy atom. The van der Waals surface area contributed by atoms with Crippen LogP contribution in [0.4, 0.5) is 5.82 Å². The maximum atomic E-state index is 11.5. The molecule has 1 aromatic heterocycles. The van der Waals surface area contributed by atoms with Crippen LogP contribution in [0.1, 0.15) is 16.9 Å². The lowest BCUT2D eigenvalue weighted by Crippen LogP contribution is -2.28. The third-order valence-electron chi connectivity index (χ3n) is 2.90. The maximum Gasteiger partial charge on any atom is 0.358 e. The van der Waals surface area contributed by atoms with E-state index in [1.165, 1.54) is 19.5 Å². The summed E-state index contributed by atoms with van der Waals surface area (Å²) in [5.74, 6) is 0.224. The van der Waals surface area contributed by atoms with Crippen molar-refractivity contribution in [2.75, 3.05) is 36.6 Å². The van der Waals surface area contributed by atoms with E-state index < -0.39 is 15.8 Å². The van der Waals surface area contributed by atoms with Gasteiger partial charge in [-0.1, -0.05) is 0 Å². The van der Waals surface area contributed by atoms with Crippen LogP contribution in [0.5, 0.6) is 0 Å². The smallest absolute Gasteiger partial charge is 0.358 e. The van der Waals surface area contributed by atoms with Crippen molar-refractivity contribution in [3.63, 3.8) is 0 Å². The third kappa shape index (κ3) is 3.40. The van der Waals surface area contributed by atoms with Gasteiger partial charge in [0.05, 0.1) is 31.0 Å². The highest BCUT2D eigenvalue weighted by molar-refractivity contribution is 7.91. The van der Waals surface area contributed by atoms with Gasteiger partial charge in [0.15, 0.2) is 15.5 Å². The second kappa shape index (κ2) is 5.52. The van der Waals surface area contributed by atoms with Gasteiger partial charge in [-0.15, -0.1) is 0 Å². The Balaban J connectivity index is 2.20. The zero-order valence-corrected chi connectivity index (χ0v) is 11.4. The number of anilines is 1. The van der Waals surface area contributed by atoms with Gasteiger partial charge in [-0.2, -0.15) is 0 Å². The minimum absolute atomic E-state index is 0.0944. The zero-order valence-electron chi connectivity index (χ0n) is 10.6. The number of ether oxygens (including phenoxy) is 1. The Hall–Kier alpha value is -1.70. The van der Waals surface area contributed by atoms with Crippen molar-refractivity contribution >= 4 is 21.6 Å². The average Bonchev–Trinajstić information content (AvgIpc) is 2.59. The van der Waals surface area contributed by atoms with Gasteiger partial charge in [0, 0.05) is 13.1 Å². The van der Waals surface area contributed by atoms with Gasteiger partial charge >= 0.3 is 5.97 Å². The van der Waals surface area contributed by atoms with Gasteiger partial charge in [-0.3, -0.25) is 4.98 Å². The molecular formula is C11H15N3O4S. The molecule has 1 fully saturated rings. The lowest BCUT2D eigenvalue weighted by atomic mass is 10.4. The second-order valence-corrected chi connectivity index (χ2v) is 6.55. The first-order valence-electron chi connectivity index (χ1n) is 5.87. The molecule has 0 aliphatic carbocycles. The molecular weight excluding hydrogens is 270 g/mol. The van der Waals surface area contributed by atoms with Crippen molar-refractivity contribution < 1.29 is 17.9 Å². The van der Waals surface area contributed by atoms with Crippen molar-refractivity contribution in [3.05, 3.63) is 18.1 Å². The van der Waals surface area contributed by atoms with Crippen molar-refractivity contribution in [2.45, 2.75) is 6.42 Å². The molecule has 1 aliphatic heterocycles. The van der Waals surface area contributed by atoms with E-state index in [1.54, 1.807) is 0 Å². The molecule has 1 aliphatic rings. The Kier molecular flexibility index (Phi) is 3.98. The molecule has 0 aromatic carbocycles. The number of aromatic nitrogens is 2. The van der Waals surface area contributed by atoms with Crippen molar-refractivity contribution in [2.24, 2.45) is 0 Å². The molecule has 0 saturated carbocycles. The minimum Gasteiger partial charge on any atom is -0.464 e. The number of carbonyl (C=O) groups is 1. The molecule has 0 N–H and O–H groups in total. The normalized spacial score (nSPS) is 18.7.